The molecule has 1 rings (SSSR count). The Kier molecular flexibility index (Phi) is 4.06. The number of carbonyl (C=O) groups is 1. The van der Waals surface area contributed by atoms with Crippen molar-refractivity contribution in [3.63, 3.8) is 0 Å². The lowest BCUT2D eigenvalue weighted by Gasteiger charge is -2.07. The summed E-state index contributed by atoms with van der Waals surface area (Å²) in [6.07, 6.45) is 0.491. The third kappa shape index (κ3) is 2.54. The second-order valence-electron chi connectivity index (χ2n) is 2.91. The van der Waals surface area contributed by atoms with Gasteiger partial charge in [-0.05, 0) is 23.4 Å². The predicted octanol–water partition coefficient (Wildman–Crippen LogP) is 0.397. The molecule has 78 valence electrons. The van der Waals surface area contributed by atoms with Gasteiger partial charge in [-0.15, -0.1) is 11.3 Å². The fourth-order valence-corrected chi connectivity index (χ4v) is 1.97. The molecule has 1 heterocycles. The molecule has 0 amide bonds. The minimum atomic E-state index is -0.347. The monoisotopic (exact) mass is 215 g/mol. The number of thiophene rings is 1. The highest BCUT2D eigenvalue weighted by Crippen LogP contribution is 2.18. The van der Waals surface area contributed by atoms with Crippen molar-refractivity contribution in [1.29, 1.82) is 0 Å². The Morgan fingerprint density at radius 1 is 1.79 bits per heavy atom. The van der Waals surface area contributed by atoms with Gasteiger partial charge in [0.2, 0.25) is 0 Å². The molecule has 5 heteroatoms. The number of nitrogens with two attached hydrogens (primary N) is 1. The smallest absolute Gasteiger partial charge is 0.348 e. The van der Waals surface area contributed by atoms with Crippen LogP contribution in [-0.4, -0.2) is 30.8 Å². The first-order chi connectivity index (χ1) is 6.69. The molecule has 0 aliphatic rings. The molecule has 0 aromatic carbocycles. The summed E-state index contributed by atoms with van der Waals surface area (Å²) >= 11 is 1.32. The van der Waals surface area contributed by atoms with E-state index in [1.54, 1.807) is 0 Å². The molecule has 0 saturated heterocycles. The van der Waals surface area contributed by atoms with Gasteiger partial charge in [0.1, 0.15) is 4.88 Å². The molecule has 1 unspecified atom stereocenters. The summed E-state index contributed by atoms with van der Waals surface area (Å²) in [7, 11) is 1.35. The van der Waals surface area contributed by atoms with Crippen molar-refractivity contribution in [2.45, 2.75) is 12.5 Å². The maximum absolute atomic E-state index is 11.3. The summed E-state index contributed by atoms with van der Waals surface area (Å²) in [6, 6.07) is 1.50. The summed E-state index contributed by atoms with van der Waals surface area (Å²) in [5.74, 6) is -0.347. The van der Waals surface area contributed by atoms with Gasteiger partial charge >= 0.3 is 5.97 Å². The van der Waals surface area contributed by atoms with Crippen molar-refractivity contribution < 1.29 is 14.6 Å². The second-order valence-corrected chi connectivity index (χ2v) is 3.83. The van der Waals surface area contributed by atoms with Crippen LogP contribution in [0.2, 0.25) is 0 Å². The van der Waals surface area contributed by atoms with Crippen LogP contribution in [0.25, 0.3) is 0 Å². The Morgan fingerprint density at radius 2 is 2.50 bits per heavy atom. The summed E-state index contributed by atoms with van der Waals surface area (Å²) < 4.78 is 4.62. The van der Waals surface area contributed by atoms with Crippen molar-refractivity contribution in [1.82, 2.24) is 0 Å². The van der Waals surface area contributed by atoms with Gasteiger partial charge in [0.05, 0.1) is 13.7 Å². The Morgan fingerprint density at radius 3 is 3.07 bits per heavy atom. The quantitative estimate of drug-likeness (QED) is 0.713. The molecule has 1 aromatic rings. The summed E-state index contributed by atoms with van der Waals surface area (Å²) in [5.41, 5.74) is 6.41. The normalized spacial score (nSPS) is 12.5. The van der Waals surface area contributed by atoms with Gasteiger partial charge in [0, 0.05) is 6.04 Å². The van der Waals surface area contributed by atoms with Gasteiger partial charge < -0.3 is 15.6 Å². The van der Waals surface area contributed by atoms with Gasteiger partial charge in [0.25, 0.3) is 0 Å². The molecule has 0 saturated carbocycles. The van der Waals surface area contributed by atoms with E-state index in [1.165, 1.54) is 18.4 Å². The summed E-state index contributed by atoms with van der Waals surface area (Å²) in [5, 5.41) is 10.6. The number of aliphatic hydroxyl groups is 1. The molecule has 3 N–H and O–H groups in total. The van der Waals surface area contributed by atoms with Gasteiger partial charge in [-0.25, -0.2) is 4.79 Å². The molecule has 1 aromatic heterocycles. The maximum atomic E-state index is 11.3. The van der Waals surface area contributed by atoms with Crippen LogP contribution in [0, 0.1) is 0 Å². The molecule has 0 aliphatic carbocycles. The third-order valence-electron chi connectivity index (χ3n) is 1.83. The summed E-state index contributed by atoms with van der Waals surface area (Å²) in [4.78, 5) is 11.8. The zero-order chi connectivity index (χ0) is 10.6. The highest BCUT2D eigenvalue weighted by molar-refractivity contribution is 7.12. The van der Waals surface area contributed by atoms with E-state index in [0.717, 1.165) is 5.56 Å². The Hall–Kier alpha value is -0.910. The van der Waals surface area contributed by atoms with Crippen molar-refractivity contribution in [2.75, 3.05) is 13.7 Å². The van der Waals surface area contributed by atoms with Crippen molar-refractivity contribution in [3.05, 3.63) is 21.9 Å². The van der Waals surface area contributed by atoms with Crippen LogP contribution < -0.4 is 5.73 Å². The molecular formula is C9H13NO3S. The highest BCUT2D eigenvalue weighted by atomic mass is 32.1. The first-order valence-corrected chi connectivity index (χ1v) is 5.08. The molecule has 14 heavy (non-hydrogen) atoms. The topological polar surface area (TPSA) is 72.5 Å². The van der Waals surface area contributed by atoms with Gasteiger partial charge in [-0.1, -0.05) is 0 Å². The van der Waals surface area contributed by atoms with E-state index >= 15 is 0 Å². The lowest BCUT2D eigenvalue weighted by molar-refractivity contribution is 0.0605. The van der Waals surface area contributed by atoms with Crippen LogP contribution in [-0.2, 0) is 11.2 Å². The third-order valence-corrected chi connectivity index (χ3v) is 2.77. The summed E-state index contributed by atoms with van der Waals surface area (Å²) in [6.45, 7) is -0.0868. The lowest BCUT2D eigenvalue weighted by Crippen LogP contribution is -2.27. The lowest BCUT2D eigenvalue weighted by atomic mass is 10.1. The molecule has 1 atom stereocenters. The second kappa shape index (κ2) is 5.09. The van der Waals surface area contributed by atoms with Crippen LogP contribution in [0.5, 0.6) is 0 Å². The molecule has 4 nitrogen and oxygen atoms in total. The average molecular weight is 215 g/mol. The first kappa shape index (κ1) is 11.2. The van der Waals surface area contributed by atoms with Crippen molar-refractivity contribution in [2.24, 2.45) is 5.73 Å². The molecule has 0 radical (unpaired) electrons. The Bertz CT molecular complexity index is 311. The van der Waals surface area contributed by atoms with Crippen molar-refractivity contribution >= 4 is 17.3 Å². The van der Waals surface area contributed by atoms with Crippen LogP contribution in [0.4, 0.5) is 0 Å². The number of aliphatic hydroxyl groups excluding tert-OH is 1. The average Bonchev–Trinajstić information content (AvgIpc) is 2.64. The standard InChI is InChI=1S/C9H13NO3S/c1-13-9(12)8-6(2-3-14-8)4-7(10)5-11/h2-3,7,11H,4-5,10H2,1H3. The number of hydrogen-bond acceptors (Lipinski definition) is 5. The van der Waals surface area contributed by atoms with E-state index in [2.05, 4.69) is 4.74 Å². The molecule has 0 aliphatic heterocycles. The van der Waals surface area contributed by atoms with E-state index < -0.39 is 0 Å². The highest BCUT2D eigenvalue weighted by Gasteiger charge is 2.15. The minimum Gasteiger partial charge on any atom is -0.465 e. The Labute approximate surface area is 86.3 Å². The van der Waals surface area contributed by atoms with Crippen molar-refractivity contribution in [3.8, 4) is 0 Å². The number of esters is 1. The number of hydrogen-bond donors (Lipinski definition) is 2. The fourth-order valence-electron chi connectivity index (χ4n) is 1.12. The van der Waals surface area contributed by atoms with Gasteiger partial charge in [0.15, 0.2) is 0 Å². The molecule has 0 fully saturated rings. The molecular weight excluding hydrogens is 202 g/mol. The van der Waals surface area contributed by atoms with Gasteiger partial charge in [-0.3, -0.25) is 0 Å². The number of carbonyl (C=O) groups excluding carboxylic acids is 1. The number of ether oxygens (including phenoxy) is 1. The van der Waals surface area contributed by atoms with E-state index in [1.807, 2.05) is 11.4 Å². The fraction of sp³-hybridized carbons (Fsp3) is 0.444. The number of methoxy groups -OCH3 is 1. The zero-order valence-electron chi connectivity index (χ0n) is 7.90. The SMILES string of the molecule is COC(=O)c1sccc1CC(N)CO. The van der Waals surface area contributed by atoms with Crippen LogP contribution >= 0.6 is 11.3 Å². The van der Waals surface area contributed by atoms with E-state index in [-0.39, 0.29) is 18.6 Å². The van der Waals surface area contributed by atoms with E-state index in [9.17, 15) is 4.79 Å². The Balaban J connectivity index is 2.77. The predicted molar refractivity (Wildman–Crippen MR) is 54.4 cm³/mol. The molecule has 0 bridgehead atoms. The first-order valence-electron chi connectivity index (χ1n) is 4.20. The number of rotatable bonds is 4. The zero-order valence-corrected chi connectivity index (χ0v) is 8.71. The van der Waals surface area contributed by atoms with Crippen LogP contribution in [0.1, 0.15) is 15.2 Å². The van der Waals surface area contributed by atoms with Crippen LogP contribution in [0.3, 0.4) is 0 Å². The van der Waals surface area contributed by atoms with Crippen LogP contribution in [0.15, 0.2) is 11.4 Å². The van der Waals surface area contributed by atoms with E-state index in [4.69, 9.17) is 10.8 Å². The van der Waals surface area contributed by atoms with Gasteiger partial charge in [-0.2, -0.15) is 0 Å². The molecule has 0 spiro atoms. The van der Waals surface area contributed by atoms with E-state index in [0.29, 0.717) is 11.3 Å². The largest absolute Gasteiger partial charge is 0.465 e. The maximum Gasteiger partial charge on any atom is 0.348 e. The minimum absolute atomic E-state index is 0.0868.